The number of esters is 2. The summed E-state index contributed by atoms with van der Waals surface area (Å²) in [6.07, 6.45) is 2.27. The van der Waals surface area contributed by atoms with E-state index in [2.05, 4.69) is 17.9 Å². The summed E-state index contributed by atoms with van der Waals surface area (Å²) in [4.78, 5) is 20.5. The van der Waals surface area contributed by atoms with E-state index in [1.54, 1.807) is 0 Å². The Morgan fingerprint density at radius 1 is 1.11 bits per heavy atom. The van der Waals surface area contributed by atoms with E-state index in [0.717, 1.165) is 17.7 Å². The molecule has 0 N–H and O–H groups in total. The fourth-order valence-corrected chi connectivity index (χ4v) is 0.871. The lowest BCUT2D eigenvalue weighted by Crippen LogP contribution is -1.99. The Bertz CT molecular complexity index is 396. The highest BCUT2D eigenvalue weighted by atomic mass is 16.5. The van der Waals surface area contributed by atoms with Crippen molar-refractivity contribution in [1.29, 1.82) is 0 Å². The van der Waals surface area contributed by atoms with Crippen LogP contribution in [0.25, 0.3) is 0 Å². The molecule has 0 amide bonds. The van der Waals surface area contributed by atoms with Crippen molar-refractivity contribution >= 4 is 11.9 Å². The topological polar surface area (TPSA) is 52.6 Å². The number of benzene rings is 1. The number of ether oxygens (including phenoxy) is 2. The van der Waals surface area contributed by atoms with Crippen molar-refractivity contribution in [1.82, 2.24) is 0 Å². The number of rotatable bonds is 4. The minimum atomic E-state index is -0.394. The van der Waals surface area contributed by atoms with Crippen LogP contribution in [-0.4, -0.2) is 19.0 Å². The third kappa shape index (κ3) is 7.87. The monoisotopic (exact) mass is 248 g/mol. The lowest BCUT2D eigenvalue weighted by molar-refractivity contribution is -0.139. The molecule has 4 nitrogen and oxygen atoms in total. The van der Waals surface area contributed by atoms with Gasteiger partial charge in [-0.05, 0) is 5.56 Å². The molecule has 0 unspecified atom stereocenters. The molecule has 0 saturated carbocycles. The maximum atomic E-state index is 10.6. The summed E-state index contributed by atoms with van der Waals surface area (Å²) in [5.41, 5.74) is 0.979. The molecule has 0 heterocycles. The van der Waals surface area contributed by atoms with Crippen molar-refractivity contribution in [3.63, 3.8) is 0 Å². The molecule has 0 saturated heterocycles. The molecule has 0 bridgehead atoms. The fraction of sp³-hybridized carbons (Fsp3) is 0.143. The zero-order chi connectivity index (χ0) is 13.8. The molecular formula is C14H16O4. The normalized spacial score (nSPS) is 8.28. The number of carbonyl (C=O) groups is 2. The summed E-state index contributed by atoms with van der Waals surface area (Å²) in [6.45, 7) is 6.77. The van der Waals surface area contributed by atoms with Gasteiger partial charge in [0.25, 0.3) is 0 Å². The van der Waals surface area contributed by atoms with Gasteiger partial charge in [-0.15, -0.1) is 0 Å². The summed E-state index contributed by atoms with van der Waals surface area (Å²) in [5.74, 6) is -0.783. The molecule has 4 heteroatoms. The molecular weight excluding hydrogens is 232 g/mol. The van der Waals surface area contributed by atoms with E-state index >= 15 is 0 Å². The lowest BCUT2D eigenvalue weighted by atomic mass is 10.2. The average Bonchev–Trinajstić information content (AvgIpc) is 2.45. The summed E-state index contributed by atoms with van der Waals surface area (Å²) >= 11 is 0. The molecule has 0 aliphatic carbocycles. The smallest absolute Gasteiger partial charge is 0.330 e. The molecule has 0 atom stereocenters. The SMILES string of the molecule is C=CC(=O)OC.C=CC(=O)OCc1ccccc1. The first-order chi connectivity index (χ1) is 8.63. The van der Waals surface area contributed by atoms with Crippen LogP contribution in [0.2, 0.25) is 0 Å². The Balaban J connectivity index is 0.000000411. The summed E-state index contributed by atoms with van der Waals surface area (Å²) < 4.78 is 8.96. The van der Waals surface area contributed by atoms with Gasteiger partial charge in [0.1, 0.15) is 6.61 Å². The second-order valence-corrected chi connectivity index (χ2v) is 3.02. The summed E-state index contributed by atoms with van der Waals surface area (Å²) in [7, 11) is 1.31. The van der Waals surface area contributed by atoms with E-state index in [-0.39, 0.29) is 5.97 Å². The molecule has 1 rings (SSSR count). The molecule has 1 aromatic rings. The molecule has 18 heavy (non-hydrogen) atoms. The van der Waals surface area contributed by atoms with Crippen LogP contribution in [0.3, 0.4) is 0 Å². The first kappa shape index (κ1) is 15.6. The van der Waals surface area contributed by atoms with Crippen LogP contribution in [-0.2, 0) is 25.7 Å². The molecule has 1 aromatic carbocycles. The first-order valence-corrected chi connectivity index (χ1v) is 5.17. The summed E-state index contributed by atoms with van der Waals surface area (Å²) in [5, 5.41) is 0. The molecule has 0 aliphatic rings. The zero-order valence-electron chi connectivity index (χ0n) is 10.3. The van der Waals surface area contributed by atoms with E-state index < -0.39 is 5.97 Å². The predicted octanol–water partition coefficient (Wildman–Crippen LogP) is 2.26. The van der Waals surface area contributed by atoms with Gasteiger partial charge in [-0.25, -0.2) is 9.59 Å². The maximum Gasteiger partial charge on any atom is 0.330 e. The third-order valence-corrected chi connectivity index (χ3v) is 1.76. The van der Waals surface area contributed by atoms with Crippen molar-refractivity contribution < 1.29 is 19.1 Å². The van der Waals surface area contributed by atoms with Crippen LogP contribution in [0.1, 0.15) is 5.56 Å². The molecule has 96 valence electrons. The van der Waals surface area contributed by atoms with Crippen molar-refractivity contribution in [3.8, 4) is 0 Å². The van der Waals surface area contributed by atoms with E-state index in [1.165, 1.54) is 7.11 Å². The van der Waals surface area contributed by atoms with Crippen molar-refractivity contribution in [3.05, 3.63) is 61.2 Å². The van der Waals surface area contributed by atoms with Gasteiger partial charge >= 0.3 is 11.9 Å². The van der Waals surface area contributed by atoms with Crippen LogP contribution in [0.4, 0.5) is 0 Å². The summed E-state index contributed by atoms with van der Waals surface area (Å²) in [6, 6.07) is 9.51. The predicted molar refractivity (Wildman–Crippen MR) is 68.6 cm³/mol. The van der Waals surface area contributed by atoms with Crippen LogP contribution in [0.15, 0.2) is 55.6 Å². The Labute approximate surface area is 107 Å². The highest BCUT2D eigenvalue weighted by Crippen LogP contribution is 2.00. The number of hydrogen-bond donors (Lipinski definition) is 0. The Morgan fingerprint density at radius 2 is 1.67 bits per heavy atom. The number of methoxy groups -OCH3 is 1. The minimum Gasteiger partial charge on any atom is -0.466 e. The second-order valence-electron chi connectivity index (χ2n) is 3.02. The highest BCUT2D eigenvalue weighted by molar-refractivity contribution is 5.81. The van der Waals surface area contributed by atoms with Crippen LogP contribution in [0.5, 0.6) is 0 Å². The van der Waals surface area contributed by atoms with E-state index in [0.29, 0.717) is 6.61 Å². The maximum absolute atomic E-state index is 10.6. The fourth-order valence-electron chi connectivity index (χ4n) is 0.871. The van der Waals surface area contributed by atoms with E-state index in [9.17, 15) is 9.59 Å². The van der Waals surface area contributed by atoms with Gasteiger partial charge in [0.05, 0.1) is 7.11 Å². The van der Waals surface area contributed by atoms with Gasteiger partial charge < -0.3 is 9.47 Å². The Morgan fingerprint density at radius 3 is 2.06 bits per heavy atom. The van der Waals surface area contributed by atoms with Crippen molar-refractivity contribution in [2.24, 2.45) is 0 Å². The van der Waals surface area contributed by atoms with Gasteiger partial charge in [0.2, 0.25) is 0 Å². The average molecular weight is 248 g/mol. The third-order valence-electron chi connectivity index (χ3n) is 1.76. The van der Waals surface area contributed by atoms with Crippen LogP contribution < -0.4 is 0 Å². The van der Waals surface area contributed by atoms with E-state index in [1.807, 2.05) is 30.3 Å². The Hall–Kier alpha value is -2.36. The zero-order valence-corrected chi connectivity index (χ0v) is 10.3. The number of carbonyl (C=O) groups excluding carboxylic acids is 2. The quantitative estimate of drug-likeness (QED) is 0.606. The van der Waals surface area contributed by atoms with Gasteiger partial charge in [-0.2, -0.15) is 0 Å². The van der Waals surface area contributed by atoms with Gasteiger partial charge in [0.15, 0.2) is 0 Å². The lowest BCUT2D eigenvalue weighted by Gasteiger charge is -2.00. The van der Waals surface area contributed by atoms with Crippen molar-refractivity contribution in [2.75, 3.05) is 7.11 Å². The molecule has 0 spiro atoms. The van der Waals surface area contributed by atoms with Gasteiger partial charge in [0, 0.05) is 12.2 Å². The Kier molecular flexibility index (Phi) is 8.55. The van der Waals surface area contributed by atoms with Crippen molar-refractivity contribution in [2.45, 2.75) is 6.61 Å². The van der Waals surface area contributed by atoms with Crippen LogP contribution in [0, 0.1) is 0 Å². The van der Waals surface area contributed by atoms with E-state index in [4.69, 9.17) is 4.74 Å². The van der Waals surface area contributed by atoms with Gasteiger partial charge in [-0.1, -0.05) is 43.5 Å². The standard InChI is InChI=1S/C10H10O2.C4H6O2/c1-2-10(11)12-8-9-6-4-3-5-7-9;1-3-4(5)6-2/h2-7H,1,8H2;3H,1H2,2H3. The highest BCUT2D eigenvalue weighted by Gasteiger charge is 1.95. The molecule has 0 aliphatic heterocycles. The molecule has 0 fully saturated rings. The largest absolute Gasteiger partial charge is 0.466 e. The second kappa shape index (κ2) is 9.84. The molecule has 0 aromatic heterocycles. The van der Waals surface area contributed by atoms with Crippen LogP contribution >= 0.6 is 0 Å². The minimum absolute atomic E-state index is 0.311. The first-order valence-electron chi connectivity index (χ1n) is 5.17. The molecule has 0 radical (unpaired) electrons. The number of hydrogen-bond acceptors (Lipinski definition) is 4. The van der Waals surface area contributed by atoms with Gasteiger partial charge in [-0.3, -0.25) is 0 Å².